The Bertz CT molecular complexity index is 526. The van der Waals surface area contributed by atoms with Crippen LogP contribution in [0.25, 0.3) is 0 Å². The number of Topliss-reactive ketones (excluding diaryl/α,β-unsaturated/α-hetero) is 1. The van der Waals surface area contributed by atoms with Crippen molar-refractivity contribution in [1.82, 2.24) is 0 Å². The van der Waals surface area contributed by atoms with Crippen LogP contribution >= 0.6 is 0 Å². The maximum Gasteiger partial charge on any atom is 0.162 e. The Morgan fingerprint density at radius 2 is 1.89 bits per heavy atom. The van der Waals surface area contributed by atoms with Gasteiger partial charge in [0.25, 0.3) is 0 Å². The SMILES string of the molecule is O=C1CCCCC1S(=O)c1ccc2c(c1)OCCO2. The Balaban J connectivity index is 1.85. The average Bonchev–Trinajstić information content (AvgIpc) is 2.46. The molecule has 0 bridgehead atoms. The summed E-state index contributed by atoms with van der Waals surface area (Å²) in [7, 11) is -1.28. The smallest absolute Gasteiger partial charge is 0.162 e. The number of carbonyl (C=O) groups is 1. The molecule has 19 heavy (non-hydrogen) atoms. The number of rotatable bonds is 2. The third-order valence-electron chi connectivity index (χ3n) is 3.50. The number of benzene rings is 1. The predicted molar refractivity (Wildman–Crippen MR) is 71.1 cm³/mol. The van der Waals surface area contributed by atoms with Crippen LogP contribution in [0.4, 0.5) is 0 Å². The van der Waals surface area contributed by atoms with E-state index in [-0.39, 0.29) is 11.0 Å². The van der Waals surface area contributed by atoms with Crippen LogP contribution in [0.2, 0.25) is 0 Å². The summed E-state index contributed by atoms with van der Waals surface area (Å²) in [6, 6.07) is 5.28. The summed E-state index contributed by atoms with van der Waals surface area (Å²) in [6.07, 6.45) is 3.18. The Morgan fingerprint density at radius 1 is 1.11 bits per heavy atom. The molecule has 1 aromatic rings. The number of fused-ring (bicyclic) bond motifs is 1. The average molecular weight is 280 g/mol. The van der Waals surface area contributed by atoms with Gasteiger partial charge in [0, 0.05) is 17.4 Å². The van der Waals surface area contributed by atoms with E-state index in [2.05, 4.69) is 0 Å². The first-order valence-corrected chi connectivity index (χ1v) is 7.80. The van der Waals surface area contributed by atoms with E-state index in [4.69, 9.17) is 9.47 Å². The lowest BCUT2D eigenvalue weighted by molar-refractivity contribution is -0.119. The van der Waals surface area contributed by atoms with Crippen molar-refractivity contribution in [3.8, 4) is 11.5 Å². The summed E-state index contributed by atoms with van der Waals surface area (Å²) >= 11 is 0. The van der Waals surface area contributed by atoms with Crippen LogP contribution in [0.15, 0.2) is 23.1 Å². The Hall–Kier alpha value is -1.36. The van der Waals surface area contributed by atoms with Crippen molar-refractivity contribution in [2.24, 2.45) is 0 Å². The fraction of sp³-hybridized carbons (Fsp3) is 0.500. The second kappa shape index (κ2) is 5.33. The summed E-state index contributed by atoms with van der Waals surface area (Å²) in [5.41, 5.74) is 0. The van der Waals surface area contributed by atoms with Gasteiger partial charge in [-0.05, 0) is 25.0 Å². The standard InChI is InChI=1S/C14H16O4S/c15-11-3-1-2-4-14(11)19(16)10-5-6-12-13(9-10)18-8-7-17-12/h5-6,9,14H,1-4,7-8H2. The summed E-state index contributed by atoms with van der Waals surface area (Å²) < 4.78 is 23.4. The van der Waals surface area contributed by atoms with E-state index in [1.807, 2.05) is 0 Å². The lowest BCUT2D eigenvalue weighted by Crippen LogP contribution is -2.29. The molecule has 2 aliphatic rings. The zero-order valence-electron chi connectivity index (χ0n) is 10.6. The first kappa shape index (κ1) is 12.7. The van der Waals surface area contributed by atoms with Crippen molar-refractivity contribution in [3.05, 3.63) is 18.2 Å². The van der Waals surface area contributed by atoms with Crippen molar-refractivity contribution >= 4 is 16.6 Å². The van der Waals surface area contributed by atoms with Crippen LogP contribution in [0.5, 0.6) is 11.5 Å². The van der Waals surface area contributed by atoms with Crippen LogP contribution in [-0.4, -0.2) is 28.5 Å². The van der Waals surface area contributed by atoms with Gasteiger partial charge in [-0.2, -0.15) is 0 Å². The van der Waals surface area contributed by atoms with Gasteiger partial charge in [0.2, 0.25) is 0 Å². The van der Waals surface area contributed by atoms with Gasteiger partial charge in [0.05, 0.1) is 16.0 Å². The quantitative estimate of drug-likeness (QED) is 0.832. The van der Waals surface area contributed by atoms with Crippen LogP contribution in [0, 0.1) is 0 Å². The van der Waals surface area contributed by atoms with Crippen LogP contribution in [0.3, 0.4) is 0 Å². The molecule has 2 unspecified atom stereocenters. The number of hydrogen-bond acceptors (Lipinski definition) is 4. The summed E-state index contributed by atoms with van der Waals surface area (Å²) in [5, 5.41) is -0.351. The van der Waals surface area contributed by atoms with Crippen molar-refractivity contribution in [2.45, 2.75) is 35.8 Å². The molecule has 1 heterocycles. The van der Waals surface area contributed by atoms with E-state index in [0.29, 0.717) is 36.0 Å². The summed E-state index contributed by atoms with van der Waals surface area (Å²) in [5.74, 6) is 1.43. The fourth-order valence-corrected chi connectivity index (χ4v) is 3.98. The van der Waals surface area contributed by atoms with Gasteiger partial charge < -0.3 is 9.47 Å². The van der Waals surface area contributed by atoms with Crippen molar-refractivity contribution in [1.29, 1.82) is 0 Å². The van der Waals surface area contributed by atoms with Crippen LogP contribution in [0.1, 0.15) is 25.7 Å². The lowest BCUT2D eigenvalue weighted by Gasteiger charge is -2.22. The summed E-state index contributed by atoms with van der Waals surface area (Å²) in [6.45, 7) is 1.04. The Kier molecular flexibility index (Phi) is 3.55. The topological polar surface area (TPSA) is 52.6 Å². The third-order valence-corrected chi connectivity index (χ3v) is 5.24. The van der Waals surface area contributed by atoms with Crippen molar-refractivity contribution in [2.75, 3.05) is 13.2 Å². The van der Waals surface area contributed by atoms with Gasteiger partial charge >= 0.3 is 0 Å². The molecule has 5 heteroatoms. The number of carbonyl (C=O) groups excluding carboxylic acids is 1. The van der Waals surface area contributed by atoms with Gasteiger partial charge in [-0.15, -0.1) is 0 Å². The maximum atomic E-state index is 12.5. The monoisotopic (exact) mass is 280 g/mol. The highest BCUT2D eigenvalue weighted by Crippen LogP contribution is 2.33. The largest absolute Gasteiger partial charge is 0.486 e. The first-order valence-electron chi connectivity index (χ1n) is 6.58. The molecule has 102 valence electrons. The van der Waals surface area contributed by atoms with E-state index in [1.165, 1.54) is 0 Å². The second-order valence-corrected chi connectivity index (χ2v) is 6.44. The molecule has 1 saturated carbocycles. The molecule has 0 aromatic heterocycles. The molecule has 0 N–H and O–H groups in total. The van der Waals surface area contributed by atoms with Crippen molar-refractivity contribution in [3.63, 3.8) is 0 Å². The molecule has 1 aliphatic heterocycles. The fourth-order valence-electron chi connectivity index (χ4n) is 2.49. The minimum Gasteiger partial charge on any atom is -0.486 e. The maximum absolute atomic E-state index is 12.5. The second-order valence-electron chi connectivity index (χ2n) is 4.80. The van der Waals surface area contributed by atoms with Gasteiger partial charge in [-0.25, -0.2) is 0 Å². The molecule has 1 fully saturated rings. The summed E-state index contributed by atoms with van der Waals surface area (Å²) in [4.78, 5) is 12.5. The zero-order chi connectivity index (χ0) is 13.2. The normalized spacial score (nSPS) is 24.0. The molecule has 0 radical (unpaired) electrons. The van der Waals surface area contributed by atoms with E-state index in [1.54, 1.807) is 18.2 Å². The van der Waals surface area contributed by atoms with Gasteiger partial charge in [-0.3, -0.25) is 9.00 Å². The lowest BCUT2D eigenvalue weighted by atomic mass is 9.99. The van der Waals surface area contributed by atoms with Crippen LogP contribution in [-0.2, 0) is 15.6 Å². The highest BCUT2D eigenvalue weighted by Gasteiger charge is 2.29. The molecule has 4 nitrogen and oxygen atoms in total. The van der Waals surface area contributed by atoms with Gasteiger partial charge in [-0.1, -0.05) is 6.42 Å². The molecule has 1 aliphatic carbocycles. The van der Waals surface area contributed by atoms with E-state index in [9.17, 15) is 9.00 Å². The molecule has 2 atom stereocenters. The number of hydrogen-bond donors (Lipinski definition) is 0. The first-order chi connectivity index (χ1) is 9.25. The van der Waals surface area contributed by atoms with E-state index in [0.717, 1.165) is 19.3 Å². The van der Waals surface area contributed by atoms with E-state index < -0.39 is 10.8 Å². The third kappa shape index (κ3) is 2.52. The number of ether oxygens (including phenoxy) is 2. The van der Waals surface area contributed by atoms with Crippen molar-refractivity contribution < 1.29 is 18.5 Å². The minimum atomic E-state index is -1.28. The Labute approximate surface area is 114 Å². The molecule has 1 aromatic carbocycles. The van der Waals surface area contributed by atoms with Gasteiger partial charge in [0.1, 0.15) is 19.0 Å². The highest BCUT2D eigenvalue weighted by atomic mass is 32.2. The van der Waals surface area contributed by atoms with Gasteiger partial charge in [0.15, 0.2) is 11.5 Å². The predicted octanol–water partition coefficient (Wildman–Crippen LogP) is 2.08. The minimum absolute atomic E-state index is 0.125. The number of ketones is 1. The van der Waals surface area contributed by atoms with Crippen LogP contribution < -0.4 is 9.47 Å². The Morgan fingerprint density at radius 3 is 2.68 bits per heavy atom. The zero-order valence-corrected chi connectivity index (χ0v) is 11.4. The molecular formula is C14H16O4S. The van der Waals surface area contributed by atoms with E-state index >= 15 is 0 Å². The molecule has 0 amide bonds. The highest BCUT2D eigenvalue weighted by molar-refractivity contribution is 7.86. The molecule has 0 spiro atoms. The molecule has 3 rings (SSSR count). The molecular weight excluding hydrogens is 264 g/mol. The molecule has 0 saturated heterocycles.